The van der Waals surface area contributed by atoms with Crippen LogP contribution in [0.1, 0.15) is 20.7 Å². The number of nitrogen functional groups attached to an aromatic ring is 1. The third-order valence-electron chi connectivity index (χ3n) is 3.35. The average molecular weight is 314 g/mol. The van der Waals surface area contributed by atoms with Crippen LogP contribution in [0.15, 0.2) is 40.1 Å². The third-order valence-corrected chi connectivity index (χ3v) is 4.47. The Labute approximate surface area is 131 Å². The number of nitrogens with two attached hydrogens (primary N) is 2. The lowest BCUT2D eigenvalue weighted by Gasteiger charge is -2.22. The first-order valence-corrected chi connectivity index (χ1v) is 7.35. The molecule has 0 saturated carbocycles. The van der Waals surface area contributed by atoms with Crippen LogP contribution in [0.5, 0.6) is 0 Å². The van der Waals surface area contributed by atoms with Gasteiger partial charge >= 0.3 is 0 Å². The Morgan fingerprint density at radius 1 is 1.09 bits per heavy atom. The molecule has 112 valence electrons. The van der Waals surface area contributed by atoms with Gasteiger partial charge in [-0.15, -0.1) is 0 Å². The molecule has 0 radical (unpaired) electrons. The minimum absolute atomic E-state index is 0.194. The summed E-state index contributed by atoms with van der Waals surface area (Å²) in [5, 5.41) is 5.76. The first-order valence-electron chi connectivity index (χ1n) is 6.54. The normalized spacial score (nSPS) is 11.9. The molecule has 0 aromatic heterocycles. The number of hydrogen-bond acceptors (Lipinski definition) is 5. The largest absolute Gasteiger partial charge is 0.399 e. The maximum absolute atomic E-state index is 11.9. The molecule has 0 atom stereocenters. The van der Waals surface area contributed by atoms with Crippen molar-refractivity contribution in [1.82, 2.24) is 5.32 Å². The van der Waals surface area contributed by atoms with Crippen molar-refractivity contribution < 1.29 is 9.59 Å². The molecule has 6 N–H and O–H groups in total. The zero-order valence-electron chi connectivity index (χ0n) is 11.8. The number of nitrogens with one attached hydrogen (secondary N) is 2. The van der Waals surface area contributed by atoms with Gasteiger partial charge in [0.15, 0.2) is 0 Å². The van der Waals surface area contributed by atoms with Crippen molar-refractivity contribution >= 4 is 40.6 Å². The fourth-order valence-electron chi connectivity index (χ4n) is 2.28. The van der Waals surface area contributed by atoms with Gasteiger partial charge in [0.25, 0.3) is 5.91 Å². The molecule has 6 nitrogen and oxygen atoms in total. The van der Waals surface area contributed by atoms with Crippen molar-refractivity contribution in [3.05, 3.63) is 41.5 Å². The minimum atomic E-state index is -0.639. The van der Waals surface area contributed by atoms with Crippen molar-refractivity contribution in [3.63, 3.8) is 0 Å². The van der Waals surface area contributed by atoms with Gasteiger partial charge in [0.2, 0.25) is 5.91 Å². The van der Waals surface area contributed by atoms with Crippen LogP contribution >= 0.6 is 11.8 Å². The molecule has 2 aromatic carbocycles. The van der Waals surface area contributed by atoms with Crippen molar-refractivity contribution in [1.29, 1.82) is 0 Å². The van der Waals surface area contributed by atoms with Crippen LogP contribution in [0, 0.1) is 0 Å². The van der Waals surface area contributed by atoms with E-state index >= 15 is 0 Å². The molecule has 22 heavy (non-hydrogen) atoms. The van der Waals surface area contributed by atoms with E-state index in [1.807, 2.05) is 12.1 Å². The van der Waals surface area contributed by atoms with E-state index in [9.17, 15) is 9.59 Å². The Balaban J connectivity index is 2.12. The molecule has 2 amide bonds. The Hall–Kier alpha value is -2.67. The molecule has 0 bridgehead atoms. The summed E-state index contributed by atoms with van der Waals surface area (Å²) >= 11 is 1.47. The number of hydrogen-bond donors (Lipinski definition) is 4. The summed E-state index contributed by atoms with van der Waals surface area (Å²) in [6.07, 6.45) is 0. The Bertz CT molecular complexity index is 804. The number of amides is 2. The van der Waals surface area contributed by atoms with E-state index in [2.05, 4.69) is 10.6 Å². The summed E-state index contributed by atoms with van der Waals surface area (Å²) < 4.78 is 0. The highest BCUT2D eigenvalue weighted by Crippen LogP contribution is 2.45. The fraction of sp³-hybridized carbons (Fsp3) is 0.0667. The van der Waals surface area contributed by atoms with Crippen molar-refractivity contribution in [3.8, 4) is 0 Å². The highest BCUT2D eigenvalue weighted by molar-refractivity contribution is 7.99. The van der Waals surface area contributed by atoms with Gasteiger partial charge in [0, 0.05) is 22.5 Å². The van der Waals surface area contributed by atoms with E-state index in [1.54, 1.807) is 18.2 Å². The maximum atomic E-state index is 11.9. The van der Waals surface area contributed by atoms with Crippen LogP contribution in [0.4, 0.5) is 17.1 Å². The molecule has 0 saturated heterocycles. The van der Waals surface area contributed by atoms with Crippen LogP contribution in [0.2, 0.25) is 0 Å². The Kier molecular flexibility index (Phi) is 3.42. The number of benzene rings is 2. The van der Waals surface area contributed by atoms with Crippen molar-refractivity contribution in [2.45, 2.75) is 9.79 Å². The van der Waals surface area contributed by atoms with Crippen molar-refractivity contribution in [2.75, 3.05) is 18.1 Å². The van der Waals surface area contributed by atoms with Crippen LogP contribution in [-0.2, 0) is 0 Å². The molecular formula is C15H14N4O2S. The highest BCUT2D eigenvalue weighted by atomic mass is 32.2. The maximum Gasteiger partial charge on any atom is 0.251 e. The molecule has 7 heteroatoms. The van der Waals surface area contributed by atoms with Gasteiger partial charge in [-0.05, 0) is 30.3 Å². The van der Waals surface area contributed by atoms with Gasteiger partial charge in [0.1, 0.15) is 0 Å². The van der Waals surface area contributed by atoms with E-state index in [0.717, 1.165) is 21.2 Å². The number of anilines is 3. The van der Waals surface area contributed by atoms with Crippen LogP contribution in [0.25, 0.3) is 0 Å². The van der Waals surface area contributed by atoms with Gasteiger partial charge in [-0.2, -0.15) is 0 Å². The van der Waals surface area contributed by atoms with Gasteiger partial charge in [-0.3, -0.25) is 9.59 Å². The number of rotatable bonds is 2. The van der Waals surface area contributed by atoms with E-state index in [0.29, 0.717) is 5.69 Å². The van der Waals surface area contributed by atoms with Gasteiger partial charge in [0.05, 0.1) is 22.5 Å². The Morgan fingerprint density at radius 3 is 2.50 bits per heavy atom. The quantitative estimate of drug-likeness (QED) is 0.540. The smallest absolute Gasteiger partial charge is 0.251 e. The van der Waals surface area contributed by atoms with Crippen molar-refractivity contribution in [2.24, 2.45) is 5.73 Å². The average Bonchev–Trinajstić information content (AvgIpc) is 2.50. The van der Waals surface area contributed by atoms with E-state index in [1.165, 1.54) is 18.8 Å². The SMILES string of the molecule is CNC(=O)c1cc2c(cc1C(N)=O)Sc1cc(N)ccc1N2. The molecule has 0 aliphatic carbocycles. The molecule has 0 unspecified atom stereocenters. The monoisotopic (exact) mass is 314 g/mol. The number of fused-ring (bicyclic) bond motifs is 2. The third kappa shape index (κ3) is 2.35. The molecule has 1 aliphatic heterocycles. The topological polar surface area (TPSA) is 110 Å². The number of primary amides is 1. The summed E-state index contributed by atoms with van der Waals surface area (Å²) in [4.78, 5) is 25.3. The van der Waals surface area contributed by atoms with Gasteiger partial charge in [-0.25, -0.2) is 0 Å². The summed E-state index contributed by atoms with van der Waals surface area (Å²) in [7, 11) is 1.51. The lowest BCUT2D eigenvalue weighted by atomic mass is 10.0. The summed E-state index contributed by atoms with van der Waals surface area (Å²) in [6, 6.07) is 8.80. The Morgan fingerprint density at radius 2 is 1.82 bits per heavy atom. The second kappa shape index (κ2) is 5.27. The number of carbonyl (C=O) groups is 2. The predicted octanol–water partition coefficient (Wildman–Crippen LogP) is 1.94. The standard InChI is InChI=1S/C15H14N4O2S/c1-18-15(21)9-5-11-13(6-8(9)14(17)20)22-12-4-7(16)2-3-10(12)19-11/h2-6,19H,16H2,1H3,(H2,17,20)(H,18,21). The van der Waals surface area contributed by atoms with Crippen LogP contribution < -0.4 is 22.1 Å². The van der Waals surface area contributed by atoms with Crippen LogP contribution in [0.3, 0.4) is 0 Å². The van der Waals surface area contributed by atoms with E-state index in [-0.39, 0.29) is 17.0 Å². The second-order valence-corrected chi connectivity index (χ2v) is 5.90. The highest BCUT2D eigenvalue weighted by Gasteiger charge is 2.22. The fourth-order valence-corrected chi connectivity index (χ4v) is 3.34. The molecule has 0 fully saturated rings. The second-order valence-electron chi connectivity index (χ2n) is 4.82. The first-order chi connectivity index (χ1) is 10.5. The molecule has 1 heterocycles. The zero-order valence-corrected chi connectivity index (χ0v) is 12.6. The lowest BCUT2D eigenvalue weighted by molar-refractivity contribution is 0.0943. The van der Waals surface area contributed by atoms with Gasteiger partial charge in [-0.1, -0.05) is 11.8 Å². The number of carbonyl (C=O) groups excluding carboxylic acids is 2. The molecule has 0 spiro atoms. The predicted molar refractivity (Wildman–Crippen MR) is 86.6 cm³/mol. The molecular weight excluding hydrogens is 300 g/mol. The summed E-state index contributed by atoms with van der Waals surface area (Å²) in [5.41, 5.74) is 13.9. The lowest BCUT2D eigenvalue weighted by Crippen LogP contribution is -2.24. The molecule has 3 rings (SSSR count). The van der Waals surface area contributed by atoms with Gasteiger partial charge < -0.3 is 22.1 Å². The zero-order chi connectivity index (χ0) is 15.9. The summed E-state index contributed by atoms with van der Waals surface area (Å²) in [5.74, 6) is -0.994. The molecule has 1 aliphatic rings. The van der Waals surface area contributed by atoms with E-state index in [4.69, 9.17) is 11.5 Å². The first kappa shape index (κ1) is 14.3. The minimum Gasteiger partial charge on any atom is -0.399 e. The summed E-state index contributed by atoms with van der Waals surface area (Å²) in [6.45, 7) is 0. The van der Waals surface area contributed by atoms with E-state index < -0.39 is 5.91 Å². The van der Waals surface area contributed by atoms with Crippen LogP contribution in [-0.4, -0.2) is 18.9 Å². The molecule has 2 aromatic rings.